The fourth-order valence-electron chi connectivity index (χ4n) is 1.11. The van der Waals surface area contributed by atoms with Gasteiger partial charge >= 0.3 is 5.97 Å². The van der Waals surface area contributed by atoms with Crippen molar-refractivity contribution in [1.29, 1.82) is 0 Å². The molecule has 0 spiro atoms. The second-order valence-corrected chi connectivity index (χ2v) is 3.29. The summed E-state index contributed by atoms with van der Waals surface area (Å²) in [5.41, 5.74) is 7.99. The van der Waals surface area contributed by atoms with E-state index in [4.69, 9.17) is 10.8 Å². The van der Waals surface area contributed by atoms with E-state index < -0.39 is 12.0 Å². The minimum absolute atomic E-state index is 0.568. The zero-order valence-electron chi connectivity index (χ0n) is 8.24. The quantitative estimate of drug-likeness (QED) is 0.637. The summed E-state index contributed by atoms with van der Waals surface area (Å²) in [7, 11) is 0. The van der Waals surface area contributed by atoms with E-state index in [0.717, 1.165) is 5.56 Å². The van der Waals surface area contributed by atoms with Crippen molar-refractivity contribution in [2.24, 2.45) is 0 Å². The van der Waals surface area contributed by atoms with E-state index in [1.807, 2.05) is 13.0 Å². The second kappa shape index (κ2) is 4.00. The third-order valence-electron chi connectivity index (χ3n) is 1.95. The van der Waals surface area contributed by atoms with Gasteiger partial charge in [-0.1, -0.05) is 6.07 Å². The van der Waals surface area contributed by atoms with Crippen LogP contribution < -0.4 is 11.1 Å². The van der Waals surface area contributed by atoms with Crippen LogP contribution in [-0.2, 0) is 4.79 Å². The molecule has 4 heteroatoms. The van der Waals surface area contributed by atoms with Gasteiger partial charge in [0.15, 0.2) is 0 Å². The maximum absolute atomic E-state index is 10.6. The summed E-state index contributed by atoms with van der Waals surface area (Å²) in [5.74, 6) is -0.898. The second-order valence-electron chi connectivity index (χ2n) is 3.29. The fraction of sp³-hybridized carbons (Fsp3) is 0.300. The van der Waals surface area contributed by atoms with Gasteiger partial charge < -0.3 is 16.2 Å². The summed E-state index contributed by atoms with van der Waals surface area (Å²) in [6.07, 6.45) is 0. The van der Waals surface area contributed by atoms with Gasteiger partial charge in [0.05, 0.1) is 11.4 Å². The number of rotatable bonds is 3. The topological polar surface area (TPSA) is 75.3 Å². The summed E-state index contributed by atoms with van der Waals surface area (Å²) < 4.78 is 0. The lowest BCUT2D eigenvalue weighted by molar-refractivity contribution is -0.137. The van der Waals surface area contributed by atoms with Gasteiger partial charge in [0, 0.05) is 0 Å². The van der Waals surface area contributed by atoms with Crippen molar-refractivity contribution in [3.8, 4) is 0 Å². The number of nitrogen functional groups attached to an aromatic ring is 1. The molecule has 14 heavy (non-hydrogen) atoms. The third-order valence-corrected chi connectivity index (χ3v) is 1.95. The highest BCUT2D eigenvalue weighted by atomic mass is 16.4. The highest BCUT2D eigenvalue weighted by Gasteiger charge is 2.11. The summed E-state index contributed by atoms with van der Waals surface area (Å²) in [4.78, 5) is 10.6. The maximum atomic E-state index is 10.6. The molecule has 0 saturated carbocycles. The van der Waals surface area contributed by atoms with Crippen LogP contribution in [0, 0.1) is 6.92 Å². The smallest absolute Gasteiger partial charge is 0.325 e. The predicted octanol–water partition coefficient (Wildman–Crippen LogP) is 1.46. The summed E-state index contributed by atoms with van der Waals surface area (Å²) >= 11 is 0. The van der Waals surface area contributed by atoms with Gasteiger partial charge in [-0.3, -0.25) is 4.79 Å². The number of hydrogen-bond donors (Lipinski definition) is 3. The van der Waals surface area contributed by atoms with Gasteiger partial charge in [-0.05, 0) is 31.5 Å². The van der Waals surface area contributed by atoms with Crippen LogP contribution in [0.1, 0.15) is 12.5 Å². The van der Waals surface area contributed by atoms with Crippen LogP contribution in [0.3, 0.4) is 0 Å². The molecule has 0 aliphatic carbocycles. The first-order chi connectivity index (χ1) is 6.50. The summed E-state index contributed by atoms with van der Waals surface area (Å²) in [5, 5.41) is 11.5. The molecule has 1 rings (SSSR count). The molecular weight excluding hydrogens is 180 g/mol. The molecule has 0 unspecified atom stereocenters. The van der Waals surface area contributed by atoms with Crippen LogP contribution in [0.4, 0.5) is 11.4 Å². The van der Waals surface area contributed by atoms with Crippen molar-refractivity contribution < 1.29 is 9.90 Å². The van der Waals surface area contributed by atoms with Crippen molar-refractivity contribution in [1.82, 2.24) is 0 Å². The van der Waals surface area contributed by atoms with Gasteiger partial charge in [0.25, 0.3) is 0 Å². The lowest BCUT2D eigenvalue weighted by Crippen LogP contribution is -2.25. The Morgan fingerprint density at radius 3 is 2.71 bits per heavy atom. The Labute approximate surface area is 82.7 Å². The molecule has 0 aliphatic heterocycles. The first-order valence-electron chi connectivity index (χ1n) is 4.36. The van der Waals surface area contributed by atoms with Crippen molar-refractivity contribution in [2.45, 2.75) is 19.9 Å². The molecule has 0 fully saturated rings. The monoisotopic (exact) mass is 194 g/mol. The van der Waals surface area contributed by atoms with Crippen molar-refractivity contribution in [3.05, 3.63) is 23.8 Å². The normalized spacial score (nSPS) is 12.1. The number of hydrogen-bond acceptors (Lipinski definition) is 3. The predicted molar refractivity (Wildman–Crippen MR) is 56.3 cm³/mol. The van der Waals surface area contributed by atoms with Gasteiger partial charge in [-0.25, -0.2) is 0 Å². The van der Waals surface area contributed by atoms with E-state index in [1.165, 1.54) is 0 Å². The number of nitrogens with one attached hydrogen (secondary N) is 1. The lowest BCUT2D eigenvalue weighted by atomic mass is 10.2. The Hall–Kier alpha value is -1.71. The van der Waals surface area contributed by atoms with Crippen LogP contribution in [0.25, 0.3) is 0 Å². The molecule has 1 aromatic rings. The van der Waals surface area contributed by atoms with Crippen molar-refractivity contribution in [2.75, 3.05) is 11.1 Å². The number of carbonyl (C=O) groups is 1. The Kier molecular flexibility index (Phi) is 2.96. The number of benzene rings is 1. The first-order valence-corrected chi connectivity index (χ1v) is 4.36. The standard InChI is InChI=1S/C10H14N2O2/c1-6-3-4-9(8(11)5-6)12-7(2)10(13)14/h3-5,7,12H,11H2,1-2H3,(H,13,14)/t7-/m0/s1. The third kappa shape index (κ3) is 2.39. The lowest BCUT2D eigenvalue weighted by Gasteiger charge is -2.13. The average molecular weight is 194 g/mol. The van der Waals surface area contributed by atoms with Crippen LogP contribution in [0.5, 0.6) is 0 Å². The Balaban J connectivity index is 2.82. The molecule has 0 radical (unpaired) electrons. The molecule has 4 N–H and O–H groups in total. The molecule has 0 aromatic heterocycles. The van der Waals surface area contributed by atoms with E-state index in [2.05, 4.69) is 5.32 Å². The van der Waals surface area contributed by atoms with Crippen molar-refractivity contribution in [3.63, 3.8) is 0 Å². The summed E-state index contributed by atoms with van der Waals surface area (Å²) in [6, 6.07) is 4.83. The van der Waals surface area contributed by atoms with Crippen LogP contribution in [-0.4, -0.2) is 17.1 Å². The maximum Gasteiger partial charge on any atom is 0.325 e. The number of aliphatic carboxylic acids is 1. The molecule has 1 atom stereocenters. The van der Waals surface area contributed by atoms with Gasteiger partial charge in [-0.2, -0.15) is 0 Å². The van der Waals surface area contributed by atoms with E-state index in [-0.39, 0.29) is 0 Å². The molecule has 76 valence electrons. The number of carboxylic acids is 1. The van der Waals surface area contributed by atoms with Crippen molar-refractivity contribution >= 4 is 17.3 Å². The Bertz CT molecular complexity index is 350. The van der Waals surface area contributed by atoms with E-state index in [1.54, 1.807) is 19.1 Å². The largest absolute Gasteiger partial charge is 0.480 e. The molecule has 1 aromatic carbocycles. The van der Waals surface area contributed by atoms with Crippen LogP contribution >= 0.6 is 0 Å². The van der Waals surface area contributed by atoms with Gasteiger partial charge in [-0.15, -0.1) is 0 Å². The molecular formula is C10H14N2O2. The minimum Gasteiger partial charge on any atom is -0.480 e. The molecule has 0 amide bonds. The average Bonchev–Trinajstić information content (AvgIpc) is 2.09. The Morgan fingerprint density at radius 1 is 1.57 bits per heavy atom. The van der Waals surface area contributed by atoms with E-state index in [0.29, 0.717) is 11.4 Å². The molecule has 4 nitrogen and oxygen atoms in total. The molecule has 0 heterocycles. The fourth-order valence-corrected chi connectivity index (χ4v) is 1.11. The SMILES string of the molecule is Cc1ccc(N[C@@H](C)C(=O)O)c(N)c1. The van der Waals surface area contributed by atoms with Gasteiger partial charge in [0.1, 0.15) is 6.04 Å². The van der Waals surface area contributed by atoms with E-state index >= 15 is 0 Å². The van der Waals surface area contributed by atoms with Crippen LogP contribution in [0.2, 0.25) is 0 Å². The number of nitrogens with two attached hydrogens (primary N) is 1. The molecule has 0 aliphatic rings. The Morgan fingerprint density at radius 2 is 2.21 bits per heavy atom. The number of carboxylic acid groups (broad SMARTS) is 1. The van der Waals surface area contributed by atoms with Gasteiger partial charge in [0.2, 0.25) is 0 Å². The molecule has 0 bridgehead atoms. The minimum atomic E-state index is -0.898. The first kappa shape index (κ1) is 10.4. The van der Waals surface area contributed by atoms with E-state index in [9.17, 15) is 4.79 Å². The molecule has 0 saturated heterocycles. The zero-order chi connectivity index (χ0) is 10.7. The summed E-state index contributed by atoms with van der Waals surface area (Å²) in [6.45, 7) is 3.50. The highest BCUT2D eigenvalue weighted by molar-refractivity contribution is 5.79. The number of aryl methyl sites for hydroxylation is 1. The number of anilines is 2. The zero-order valence-corrected chi connectivity index (χ0v) is 8.24. The highest BCUT2D eigenvalue weighted by Crippen LogP contribution is 2.20. The van der Waals surface area contributed by atoms with Crippen LogP contribution in [0.15, 0.2) is 18.2 Å².